The van der Waals surface area contributed by atoms with Crippen molar-refractivity contribution in [3.05, 3.63) is 58.6 Å². The molecule has 0 aliphatic carbocycles. The van der Waals surface area contributed by atoms with E-state index in [2.05, 4.69) is 5.32 Å². The Morgan fingerprint density at radius 3 is 2.11 bits per heavy atom. The van der Waals surface area contributed by atoms with Gasteiger partial charge in [-0.15, -0.1) is 0 Å². The van der Waals surface area contributed by atoms with Crippen molar-refractivity contribution in [3.8, 4) is 11.5 Å². The number of amides is 1. The third-order valence-electron chi connectivity index (χ3n) is 3.17. The molecule has 0 fully saturated rings. The van der Waals surface area contributed by atoms with Crippen LogP contribution >= 0.6 is 0 Å². The molecule has 1 amide bonds. The van der Waals surface area contributed by atoms with Crippen molar-refractivity contribution >= 4 is 17.5 Å². The number of para-hydroxylation sites is 1. The molecule has 0 radical (unpaired) electrons. The molecule has 2 aromatic rings. The fraction of sp³-hybridized carbons (Fsp3) is 0.350. The number of nitro benzene ring substituents is 1. The molecule has 0 aliphatic heterocycles. The van der Waals surface area contributed by atoms with E-state index in [0.29, 0.717) is 17.2 Å². The summed E-state index contributed by atoms with van der Waals surface area (Å²) >= 11 is 0. The minimum absolute atomic E-state index is 0.0258. The summed E-state index contributed by atoms with van der Waals surface area (Å²) < 4.78 is 10.6. The molecule has 0 unspecified atom stereocenters. The molecule has 2 rings (SSSR count). The zero-order valence-corrected chi connectivity index (χ0v) is 17.1. The molecular formula is C20H27N3O5. The zero-order valence-electron chi connectivity index (χ0n) is 17.1. The second kappa shape index (κ2) is 10.1. The Morgan fingerprint density at radius 1 is 1.07 bits per heavy atom. The Morgan fingerprint density at radius 2 is 1.68 bits per heavy atom. The van der Waals surface area contributed by atoms with E-state index >= 15 is 0 Å². The van der Waals surface area contributed by atoms with Crippen molar-refractivity contribution in [3.63, 3.8) is 0 Å². The molecule has 0 bridgehead atoms. The van der Waals surface area contributed by atoms with Crippen LogP contribution in [0.3, 0.4) is 0 Å². The summed E-state index contributed by atoms with van der Waals surface area (Å²) in [5, 5.41) is 13.6. The summed E-state index contributed by atoms with van der Waals surface area (Å²) in [4.78, 5) is 22.6. The van der Waals surface area contributed by atoms with Gasteiger partial charge in [0.15, 0.2) is 0 Å². The maximum absolute atomic E-state index is 10.9. The molecule has 1 N–H and O–H groups in total. The minimum Gasteiger partial charge on any atom is -0.457 e. The van der Waals surface area contributed by atoms with Gasteiger partial charge in [-0.05, 0) is 39.0 Å². The molecule has 0 saturated carbocycles. The molecule has 0 aromatic heterocycles. The number of benzene rings is 2. The van der Waals surface area contributed by atoms with Gasteiger partial charge < -0.3 is 19.7 Å². The smallest absolute Gasteiger partial charge is 0.409 e. The van der Waals surface area contributed by atoms with Gasteiger partial charge in [0, 0.05) is 33.3 Å². The summed E-state index contributed by atoms with van der Waals surface area (Å²) in [7, 11) is 4.96. The van der Waals surface area contributed by atoms with Crippen molar-refractivity contribution in [1.29, 1.82) is 0 Å². The number of hydrogen-bond acceptors (Lipinski definition) is 6. The van der Waals surface area contributed by atoms with Gasteiger partial charge in [-0.25, -0.2) is 4.79 Å². The van der Waals surface area contributed by atoms with Gasteiger partial charge in [0.2, 0.25) is 0 Å². The highest BCUT2D eigenvalue weighted by atomic mass is 16.6. The van der Waals surface area contributed by atoms with Gasteiger partial charge in [-0.3, -0.25) is 10.1 Å². The number of nitrogens with zero attached hydrogens (tertiary/aromatic N) is 2. The molecule has 0 spiro atoms. The number of rotatable bonds is 4. The molecule has 8 heteroatoms. The second-order valence-electron chi connectivity index (χ2n) is 6.98. The fourth-order valence-corrected chi connectivity index (χ4v) is 1.92. The molecule has 28 heavy (non-hydrogen) atoms. The molecule has 152 valence electrons. The third-order valence-corrected chi connectivity index (χ3v) is 3.17. The number of anilines is 1. The lowest BCUT2D eigenvalue weighted by molar-refractivity contribution is -0.384. The molecule has 0 aliphatic rings. The van der Waals surface area contributed by atoms with Crippen molar-refractivity contribution in [2.24, 2.45) is 0 Å². The van der Waals surface area contributed by atoms with Crippen LogP contribution in [0.1, 0.15) is 20.8 Å². The Balaban J connectivity index is 0.000000336. The van der Waals surface area contributed by atoms with Gasteiger partial charge in [0.1, 0.15) is 22.8 Å². The summed E-state index contributed by atoms with van der Waals surface area (Å²) in [5.41, 5.74) is 0.0628. The fourth-order valence-electron chi connectivity index (χ4n) is 1.92. The maximum Gasteiger partial charge on any atom is 0.409 e. The SMILES string of the molecule is CN(C)C(=O)OC(C)(C)C.CNc1cc(Oc2ccccc2)ccc1[N+](=O)[O-]. The lowest BCUT2D eigenvalue weighted by Gasteiger charge is -2.22. The van der Waals surface area contributed by atoms with Crippen LogP contribution < -0.4 is 10.1 Å². The van der Waals surface area contributed by atoms with E-state index in [1.54, 1.807) is 33.3 Å². The number of hydrogen-bond donors (Lipinski definition) is 1. The highest BCUT2D eigenvalue weighted by molar-refractivity contribution is 5.67. The van der Waals surface area contributed by atoms with Gasteiger partial charge >= 0.3 is 6.09 Å². The van der Waals surface area contributed by atoms with Crippen LogP contribution in [0.15, 0.2) is 48.5 Å². The maximum atomic E-state index is 10.9. The highest BCUT2D eigenvalue weighted by Gasteiger charge is 2.17. The van der Waals surface area contributed by atoms with E-state index in [0.717, 1.165) is 0 Å². The number of nitrogens with one attached hydrogen (secondary N) is 1. The number of carbonyl (C=O) groups excluding carboxylic acids is 1. The van der Waals surface area contributed by atoms with Crippen LogP contribution in [-0.4, -0.2) is 42.7 Å². The molecule has 0 atom stereocenters. The first kappa shape index (κ1) is 22.8. The topological polar surface area (TPSA) is 93.9 Å². The first-order valence-corrected chi connectivity index (χ1v) is 8.63. The largest absolute Gasteiger partial charge is 0.457 e. The Hall–Kier alpha value is -3.29. The van der Waals surface area contributed by atoms with Crippen LogP contribution in [0.2, 0.25) is 0 Å². The van der Waals surface area contributed by atoms with Gasteiger partial charge in [0.25, 0.3) is 5.69 Å². The lowest BCUT2D eigenvalue weighted by Crippen LogP contribution is -2.31. The highest BCUT2D eigenvalue weighted by Crippen LogP contribution is 2.30. The molecule has 0 saturated heterocycles. The van der Waals surface area contributed by atoms with Crippen LogP contribution in [-0.2, 0) is 4.74 Å². The van der Waals surface area contributed by atoms with E-state index in [9.17, 15) is 14.9 Å². The van der Waals surface area contributed by atoms with E-state index in [1.807, 2.05) is 51.1 Å². The molecular weight excluding hydrogens is 362 g/mol. The number of ether oxygens (including phenoxy) is 2. The van der Waals surface area contributed by atoms with Crippen LogP contribution in [0.5, 0.6) is 11.5 Å². The molecule has 0 heterocycles. The first-order valence-electron chi connectivity index (χ1n) is 8.63. The van der Waals surface area contributed by atoms with E-state index in [4.69, 9.17) is 9.47 Å². The van der Waals surface area contributed by atoms with Crippen molar-refractivity contribution in [2.45, 2.75) is 26.4 Å². The van der Waals surface area contributed by atoms with Crippen LogP contribution in [0.25, 0.3) is 0 Å². The van der Waals surface area contributed by atoms with Crippen molar-refractivity contribution in [1.82, 2.24) is 4.90 Å². The average molecular weight is 389 g/mol. The molecule has 2 aromatic carbocycles. The number of carbonyl (C=O) groups is 1. The Kier molecular flexibility index (Phi) is 8.25. The predicted octanol–water partition coefficient (Wildman–Crippen LogP) is 4.91. The minimum atomic E-state index is -0.432. The quantitative estimate of drug-likeness (QED) is 0.590. The molecule has 8 nitrogen and oxygen atoms in total. The zero-order chi connectivity index (χ0) is 21.3. The summed E-state index contributed by atoms with van der Waals surface area (Å²) in [5.74, 6) is 1.24. The van der Waals surface area contributed by atoms with Gasteiger partial charge in [-0.1, -0.05) is 18.2 Å². The second-order valence-corrected chi connectivity index (χ2v) is 6.98. The summed E-state index contributed by atoms with van der Waals surface area (Å²) in [6.45, 7) is 5.52. The normalized spacial score (nSPS) is 10.2. The Bertz CT molecular complexity index is 786. The number of nitro groups is 1. The van der Waals surface area contributed by atoms with Gasteiger partial charge in [0.05, 0.1) is 4.92 Å². The predicted molar refractivity (Wildman–Crippen MR) is 109 cm³/mol. The Labute approximate surface area is 165 Å². The lowest BCUT2D eigenvalue weighted by atomic mass is 10.2. The monoisotopic (exact) mass is 389 g/mol. The van der Waals surface area contributed by atoms with Crippen LogP contribution in [0.4, 0.5) is 16.2 Å². The average Bonchev–Trinajstić information content (AvgIpc) is 2.61. The van der Waals surface area contributed by atoms with Gasteiger partial charge in [-0.2, -0.15) is 0 Å². The van der Waals surface area contributed by atoms with Crippen molar-refractivity contribution < 1.29 is 19.2 Å². The van der Waals surface area contributed by atoms with E-state index < -0.39 is 4.92 Å². The van der Waals surface area contributed by atoms with E-state index in [1.165, 1.54) is 11.0 Å². The van der Waals surface area contributed by atoms with Crippen LogP contribution in [0, 0.1) is 10.1 Å². The third kappa shape index (κ3) is 7.94. The van der Waals surface area contributed by atoms with E-state index in [-0.39, 0.29) is 17.4 Å². The summed E-state index contributed by atoms with van der Waals surface area (Å²) in [6, 6.07) is 13.9. The first-order chi connectivity index (χ1) is 13.0. The standard InChI is InChI=1S/C13H12N2O3.C7H15NO2/c1-14-12-9-11(7-8-13(12)15(16)17)18-10-5-3-2-4-6-10;1-7(2,3)10-6(9)8(4)5/h2-9,14H,1H3;1-5H3. The summed E-state index contributed by atoms with van der Waals surface area (Å²) in [6.07, 6.45) is -0.299. The van der Waals surface area contributed by atoms with Crippen molar-refractivity contribution in [2.75, 3.05) is 26.5 Å².